The molecule has 1 aromatic carbocycles. The Bertz CT molecular complexity index is 545. The number of methoxy groups -OCH3 is 1. The Balaban J connectivity index is 0.00000264. The fourth-order valence-corrected chi connectivity index (χ4v) is 2.50. The highest BCUT2D eigenvalue weighted by Gasteiger charge is 2.20. The van der Waals surface area contributed by atoms with Crippen molar-refractivity contribution in [2.75, 3.05) is 30.9 Å². The van der Waals surface area contributed by atoms with Crippen molar-refractivity contribution in [3.8, 4) is 0 Å². The van der Waals surface area contributed by atoms with Gasteiger partial charge in [-0.25, -0.2) is 0 Å². The predicted octanol–water partition coefficient (Wildman–Crippen LogP) is 2.08. The normalized spacial score (nSPS) is 17.0. The number of hydrogen-bond acceptors (Lipinski definition) is 4. The van der Waals surface area contributed by atoms with E-state index in [-0.39, 0.29) is 36.9 Å². The smallest absolute Gasteiger partial charge is 0.250 e. The number of nitrogens with one attached hydrogen (secondary N) is 3. The van der Waals surface area contributed by atoms with E-state index >= 15 is 0 Å². The maximum Gasteiger partial charge on any atom is 0.250 e. The van der Waals surface area contributed by atoms with Gasteiger partial charge in [-0.05, 0) is 50.1 Å². The standard InChI is InChI=1S/C16H23N3O3.ClH/c1-11-9-12(6-7-13(11)19-15(20)10-22-2)18-16(21)14-5-3-4-8-17-14;/h6-7,9,14,17H,3-5,8,10H2,1-2H3,(H,18,21)(H,19,20);1H/t14-;/m0./s1. The van der Waals surface area contributed by atoms with Gasteiger partial charge in [0.1, 0.15) is 6.61 Å². The summed E-state index contributed by atoms with van der Waals surface area (Å²) in [5.74, 6) is -0.205. The first-order chi connectivity index (χ1) is 10.6. The van der Waals surface area contributed by atoms with E-state index in [1.54, 1.807) is 12.1 Å². The number of piperidine rings is 1. The summed E-state index contributed by atoms with van der Waals surface area (Å²) < 4.78 is 4.78. The molecule has 0 radical (unpaired) electrons. The number of anilines is 2. The van der Waals surface area contributed by atoms with Crippen LogP contribution in [0.5, 0.6) is 0 Å². The van der Waals surface area contributed by atoms with Gasteiger partial charge in [0.25, 0.3) is 0 Å². The second-order valence-electron chi connectivity index (χ2n) is 5.50. The SMILES string of the molecule is COCC(=O)Nc1ccc(NC(=O)[C@@H]2CCCCN2)cc1C.Cl. The summed E-state index contributed by atoms with van der Waals surface area (Å²) in [5.41, 5.74) is 2.34. The lowest BCUT2D eigenvalue weighted by molar-refractivity contribution is -0.120. The van der Waals surface area contributed by atoms with Gasteiger partial charge in [0.15, 0.2) is 0 Å². The Labute approximate surface area is 142 Å². The highest BCUT2D eigenvalue weighted by molar-refractivity contribution is 5.96. The molecular formula is C16H24ClN3O3. The largest absolute Gasteiger partial charge is 0.375 e. The third-order valence-electron chi connectivity index (χ3n) is 3.67. The Morgan fingerprint density at radius 2 is 2.09 bits per heavy atom. The van der Waals surface area contributed by atoms with Crippen molar-refractivity contribution < 1.29 is 14.3 Å². The van der Waals surface area contributed by atoms with Gasteiger partial charge < -0.3 is 20.7 Å². The number of carbonyl (C=O) groups is 2. The molecule has 0 unspecified atom stereocenters. The monoisotopic (exact) mass is 341 g/mol. The van der Waals surface area contributed by atoms with Gasteiger partial charge in [-0.2, -0.15) is 0 Å². The quantitative estimate of drug-likeness (QED) is 0.766. The number of benzene rings is 1. The number of hydrogen-bond donors (Lipinski definition) is 3. The van der Waals surface area contributed by atoms with Crippen LogP contribution < -0.4 is 16.0 Å². The van der Waals surface area contributed by atoms with Crippen LogP contribution in [0.15, 0.2) is 18.2 Å². The van der Waals surface area contributed by atoms with Crippen molar-refractivity contribution in [2.45, 2.75) is 32.2 Å². The van der Waals surface area contributed by atoms with Gasteiger partial charge in [-0.1, -0.05) is 6.42 Å². The molecule has 2 amide bonds. The van der Waals surface area contributed by atoms with Crippen molar-refractivity contribution in [3.05, 3.63) is 23.8 Å². The molecule has 1 aliphatic heterocycles. The number of halogens is 1. The van der Waals surface area contributed by atoms with Gasteiger partial charge in [0.2, 0.25) is 11.8 Å². The van der Waals surface area contributed by atoms with Crippen LogP contribution >= 0.6 is 12.4 Å². The molecule has 23 heavy (non-hydrogen) atoms. The fraction of sp³-hybridized carbons (Fsp3) is 0.500. The molecule has 1 saturated heterocycles. The number of amides is 2. The van der Waals surface area contributed by atoms with Crippen LogP contribution in [0, 0.1) is 6.92 Å². The van der Waals surface area contributed by atoms with Crippen molar-refractivity contribution in [3.63, 3.8) is 0 Å². The zero-order valence-corrected chi connectivity index (χ0v) is 14.3. The van der Waals surface area contributed by atoms with E-state index in [4.69, 9.17) is 4.74 Å². The molecule has 1 aliphatic rings. The lowest BCUT2D eigenvalue weighted by Gasteiger charge is -2.22. The van der Waals surface area contributed by atoms with Crippen molar-refractivity contribution in [1.29, 1.82) is 0 Å². The number of carbonyl (C=O) groups excluding carboxylic acids is 2. The van der Waals surface area contributed by atoms with Crippen LogP contribution in [-0.4, -0.2) is 38.1 Å². The molecule has 1 heterocycles. The summed E-state index contributed by atoms with van der Waals surface area (Å²) in [7, 11) is 1.48. The topological polar surface area (TPSA) is 79.5 Å². The number of ether oxygens (including phenoxy) is 1. The fourth-order valence-electron chi connectivity index (χ4n) is 2.50. The highest BCUT2D eigenvalue weighted by Crippen LogP contribution is 2.20. The Hall–Kier alpha value is -1.63. The first-order valence-electron chi connectivity index (χ1n) is 7.54. The molecule has 0 aromatic heterocycles. The summed E-state index contributed by atoms with van der Waals surface area (Å²) in [4.78, 5) is 23.7. The summed E-state index contributed by atoms with van der Waals surface area (Å²) in [6, 6.07) is 5.31. The van der Waals surface area contributed by atoms with Crippen LogP contribution in [0.2, 0.25) is 0 Å². The van der Waals surface area contributed by atoms with Crippen LogP contribution in [0.3, 0.4) is 0 Å². The zero-order chi connectivity index (χ0) is 15.9. The molecule has 0 saturated carbocycles. The highest BCUT2D eigenvalue weighted by atomic mass is 35.5. The first-order valence-corrected chi connectivity index (χ1v) is 7.54. The molecule has 0 bridgehead atoms. The molecular weight excluding hydrogens is 318 g/mol. The summed E-state index contributed by atoms with van der Waals surface area (Å²) in [5, 5.41) is 8.91. The van der Waals surface area contributed by atoms with E-state index in [2.05, 4.69) is 16.0 Å². The van der Waals surface area contributed by atoms with Crippen LogP contribution in [-0.2, 0) is 14.3 Å². The molecule has 1 aromatic rings. The predicted molar refractivity (Wildman–Crippen MR) is 93.2 cm³/mol. The van der Waals surface area contributed by atoms with Gasteiger partial charge in [-0.15, -0.1) is 12.4 Å². The van der Waals surface area contributed by atoms with Gasteiger partial charge in [-0.3, -0.25) is 9.59 Å². The van der Waals surface area contributed by atoms with E-state index in [1.165, 1.54) is 7.11 Å². The second kappa shape index (κ2) is 9.50. The van der Waals surface area contributed by atoms with Crippen molar-refractivity contribution in [2.24, 2.45) is 0 Å². The molecule has 0 aliphatic carbocycles. The summed E-state index contributed by atoms with van der Waals surface area (Å²) in [6.45, 7) is 2.80. The van der Waals surface area contributed by atoms with E-state index in [9.17, 15) is 9.59 Å². The molecule has 128 valence electrons. The molecule has 2 rings (SSSR count). The number of rotatable bonds is 5. The second-order valence-corrected chi connectivity index (χ2v) is 5.50. The Kier molecular flexibility index (Phi) is 8.02. The first kappa shape index (κ1) is 19.4. The summed E-state index contributed by atoms with van der Waals surface area (Å²) in [6.07, 6.45) is 3.07. The molecule has 7 heteroatoms. The Morgan fingerprint density at radius 1 is 1.30 bits per heavy atom. The minimum Gasteiger partial charge on any atom is -0.375 e. The zero-order valence-electron chi connectivity index (χ0n) is 13.5. The Morgan fingerprint density at radius 3 is 2.70 bits per heavy atom. The lowest BCUT2D eigenvalue weighted by atomic mass is 10.0. The maximum absolute atomic E-state index is 12.2. The summed E-state index contributed by atoms with van der Waals surface area (Å²) >= 11 is 0. The lowest BCUT2D eigenvalue weighted by Crippen LogP contribution is -2.43. The van der Waals surface area contributed by atoms with Gasteiger partial charge >= 0.3 is 0 Å². The number of aryl methyl sites for hydroxylation is 1. The minimum atomic E-state index is -0.200. The molecule has 3 N–H and O–H groups in total. The van der Waals surface area contributed by atoms with Gasteiger partial charge in [0.05, 0.1) is 6.04 Å². The van der Waals surface area contributed by atoms with Crippen LogP contribution in [0.4, 0.5) is 11.4 Å². The molecule has 1 atom stereocenters. The third-order valence-corrected chi connectivity index (χ3v) is 3.67. The van der Waals surface area contributed by atoms with E-state index in [1.807, 2.05) is 13.0 Å². The van der Waals surface area contributed by atoms with E-state index in [0.29, 0.717) is 0 Å². The maximum atomic E-state index is 12.2. The average molecular weight is 342 g/mol. The van der Waals surface area contributed by atoms with Crippen LogP contribution in [0.25, 0.3) is 0 Å². The minimum absolute atomic E-state index is 0. The van der Waals surface area contributed by atoms with Crippen molar-refractivity contribution >= 4 is 35.6 Å². The average Bonchev–Trinajstić information content (AvgIpc) is 2.51. The van der Waals surface area contributed by atoms with Crippen molar-refractivity contribution in [1.82, 2.24) is 5.32 Å². The molecule has 6 nitrogen and oxygen atoms in total. The molecule has 0 spiro atoms. The van der Waals surface area contributed by atoms with E-state index in [0.717, 1.165) is 42.7 Å². The van der Waals surface area contributed by atoms with Crippen LogP contribution in [0.1, 0.15) is 24.8 Å². The van der Waals surface area contributed by atoms with Gasteiger partial charge in [0, 0.05) is 18.5 Å². The third kappa shape index (κ3) is 5.82. The molecule has 1 fully saturated rings. The van der Waals surface area contributed by atoms with E-state index < -0.39 is 0 Å².